The topological polar surface area (TPSA) is 35.2 Å². The first kappa shape index (κ1) is 14.0. The molecule has 1 aromatic carbocycles. The second-order valence-corrected chi connectivity index (χ2v) is 4.79. The van der Waals surface area contributed by atoms with Crippen molar-refractivity contribution in [1.82, 2.24) is 0 Å². The summed E-state index contributed by atoms with van der Waals surface area (Å²) in [7, 11) is 1.56. The van der Waals surface area contributed by atoms with E-state index in [0.717, 1.165) is 5.56 Å². The Morgan fingerprint density at radius 3 is 2.47 bits per heavy atom. The van der Waals surface area contributed by atoms with Gasteiger partial charge in [0.05, 0.1) is 7.11 Å². The first-order valence-electron chi connectivity index (χ1n) is 6.00. The SMILES string of the molecule is COc1ccc(C)cc1C(F)C(CN)C(C)C. The average molecular weight is 239 g/mol. The van der Waals surface area contributed by atoms with Crippen LogP contribution in [-0.2, 0) is 0 Å². The van der Waals surface area contributed by atoms with Gasteiger partial charge in [-0.25, -0.2) is 4.39 Å². The van der Waals surface area contributed by atoms with Crippen LogP contribution < -0.4 is 10.5 Å². The van der Waals surface area contributed by atoms with Crippen molar-refractivity contribution in [2.24, 2.45) is 17.6 Å². The van der Waals surface area contributed by atoms with Crippen LogP contribution in [0, 0.1) is 18.8 Å². The van der Waals surface area contributed by atoms with Gasteiger partial charge in [-0.3, -0.25) is 0 Å². The molecule has 0 radical (unpaired) electrons. The van der Waals surface area contributed by atoms with Crippen LogP contribution in [0.25, 0.3) is 0 Å². The van der Waals surface area contributed by atoms with Crippen LogP contribution >= 0.6 is 0 Å². The Morgan fingerprint density at radius 2 is 2.00 bits per heavy atom. The third kappa shape index (κ3) is 3.19. The van der Waals surface area contributed by atoms with Crippen molar-refractivity contribution < 1.29 is 9.13 Å². The fourth-order valence-electron chi connectivity index (χ4n) is 2.03. The predicted molar refractivity (Wildman–Crippen MR) is 69.0 cm³/mol. The number of methoxy groups -OCH3 is 1. The first-order chi connectivity index (χ1) is 8.01. The normalized spacial score (nSPS) is 14.8. The van der Waals surface area contributed by atoms with Gasteiger partial charge in [-0.05, 0) is 31.5 Å². The van der Waals surface area contributed by atoms with Gasteiger partial charge in [-0.15, -0.1) is 0 Å². The Kier molecular flexibility index (Phi) is 4.94. The van der Waals surface area contributed by atoms with Crippen LogP contribution in [0.3, 0.4) is 0 Å². The lowest BCUT2D eigenvalue weighted by molar-refractivity contribution is 0.184. The van der Waals surface area contributed by atoms with Crippen molar-refractivity contribution >= 4 is 0 Å². The Hall–Kier alpha value is -1.09. The number of alkyl halides is 1. The molecular weight excluding hydrogens is 217 g/mol. The zero-order valence-electron chi connectivity index (χ0n) is 11.0. The molecule has 2 nitrogen and oxygen atoms in total. The minimum Gasteiger partial charge on any atom is -0.496 e. The maximum Gasteiger partial charge on any atom is 0.133 e. The van der Waals surface area contributed by atoms with Crippen LogP contribution in [0.2, 0.25) is 0 Å². The molecule has 0 fully saturated rings. The van der Waals surface area contributed by atoms with Gasteiger partial charge in [-0.1, -0.05) is 25.5 Å². The maximum atomic E-state index is 14.5. The minimum atomic E-state index is -1.07. The van der Waals surface area contributed by atoms with Crippen LogP contribution in [-0.4, -0.2) is 13.7 Å². The number of aryl methyl sites for hydroxylation is 1. The van der Waals surface area contributed by atoms with Crippen LogP contribution in [0.1, 0.15) is 31.1 Å². The molecule has 0 spiro atoms. The molecule has 1 aromatic rings. The number of halogens is 1. The number of benzene rings is 1. The number of rotatable bonds is 5. The molecule has 0 aromatic heterocycles. The fourth-order valence-corrected chi connectivity index (χ4v) is 2.03. The molecule has 3 heteroatoms. The molecule has 0 aliphatic carbocycles. The predicted octanol–water partition coefficient (Wildman–Crippen LogP) is 3.25. The molecule has 2 N–H and O–H groups in total. The van der Waals surface area contributed by atoms with Crippen molar-refractivity contribution in [2.75, 3.05) is 13.7 Å². The Morgan fingerprint density at radius 1 is 1.35 bits per heavy atom. The minimum absolute atomic E-state index is 0.175. The summed E-state index contributed by atoms with van der Waals surface area (Å²) in [4.78, 5) is 0. The summed E-state index contributed by atoms with van der Waals surface area (Å²) < 4.78 is 19.7. The van der Waals surface area contributed by atoms with E-state index in [9.17, 15) is 4.39 Å². The van der Waals surface area contributed by atoms with Crippen molar-refractivity contribution in [1.29, 1.82) is 0 Å². The van der Waals surface area contributed by atoms with Crippen LogP contribution in [0.4, 0.5) is 4.39 Å². The zero-order valence-corrected chi connectivity index (χ0v) is 11.0. The van der Waals surface area contributed by atoms with Gasteiger partial charge in [0.1, 0.15) is 11.9 Å². The molecule has 2 unspecified atom stereocenters. The van der Waals surface area contributed by atoms with Crippen molar-refractivity contribution in [3.8, 4) is 5.75 Å². The van der Waals surface area contributed by atoms with E-state index in [0.29, 0.717) is 17.9 Å². The summed E-state index contributed by atoms with van der Waals surface area (Å²) in [5.41, 5.74) is 7.30. The highest BCUT2D eigenvalue weighted by atomic mass is 19.1. The first-order valence-corrected chi connectivity index (χ1v) is 6.00. The van der Waals surface area contributed by atoms with E-state index in [2.05, 4.69) is 0 Å². The largest absolute Gasteiger partial charge is 0.496 e. The molecule has 1 rings (SSSR count). The summed E-state index contributed by atoms with van der Waals surface area (Å²) in [6.45, 7) is 6.27. The summed E-state index contributed by atoms with van der Waals surface area (Å²) in [5, 5.41) is 0. The highest BCUT2D eigenvalue weighted by Gasteiger charge is 2.27. The van der Waals surface area contributed by atoms with E-state index in [4.69, 9.17) is 10.5 Å². The van der Waals surface area contributed by atoms with Crippen LogP contribution in [0.5, 0.6) is 5.75 Å². The summed E-state index contributed by atoms with van der Waals surface area (Å²) in [6.07, 6.45) is -1.07. The molecule has 0 amide bonds. The fraction of sp³-hybridized carbons (Fsp3) is 0.571. The van der Waals surface area contributed by atoms with E-state index in [1.165, 1.54) is 0 Å². The van der Waals surface area contributed by atoms with E-state index >= 15 is 0 Å². The molecule has 96 valence electrons. The molecular formula is C14H22FNO. The van der Waals surface area contributed by atoms with Crippen molar-refractivity contribution in [3.05, 3.63) is 29.3 Å². The van der Waals surface area contributed by atoms with Gasteiger partial charge in [0.2, 0.25) is 0 Å². The summed E-state index contributed by atoms with van der Waals surface area (Å²) >= 11 is 0. The Bertz CT molecular complexity index is 365. The molecule has 17 heavy (non-hydrogen) atoms. The van der Waals surface area contributed by atoms with E-state index in [1.54, 1.807) is 7.11 Å². The highest BCUT2D eigenvalue weighted by molar-refractivity contribution is 5.38. The lowest BCUT2D eigenvalue weighted by Gasteiger charge is -2.24. The number of ether oxygens (including phenoxy) is 1. The molecule has 0 bridgehead atoms. The van der Waals surface area contributed by atoms with Crippen molar-refractivity contribution in [3.63, 3.8) is 0 Å². The Labute approximate surface area is 103 Å². The van der Waals surface area contributed by atoms with Gasteiger partial charge < -0.3 is 10.5 Å². The third-order valence-corrected chi connectivity index (χ3v) is 3.19. The van der Waals surface area contributed by atoms with Crippen LogP contribution in [0.15, 0.2) is 18.2 Å². The second-order valence-electron chi connectivity index (χ2n) is 4.79. The van der Waals surface area contributed by atoms with Crippen molar-refractivity contribution in [2.45, 2.75) is 26.9 Å². The van der Waals surface area contributed by atoms with Gasteiger partial charge in [0.15, 0.2) is 0 Å². The van der Waals surface area contributed by atoms with Gasteiger partial charge in [-0.2, -0.15) is 0 Å². The van der Waals surface area contributed by atoms with Gasteiger partial charge in [0, 0.05) is 11.5 Å². The van der Waals surface area contributed by atoms with Gasteiger partial charge >= 0.3 is 0 Å². The lowest BCUT2D eigenvalue weighted by atomic mass is 9.87. The number of hydrogen-bond donors (Lipinski definition) is 1. The summed E-state index contributed by atoms with van der Waals surface area (Å²) in [5.74, 6) is 0.633. The second kappa shape index (κ2) is 6.01. The van der Waals surface area contributed by atoms with Gasteiger partial charge in [0.25, 0.3) is 0 Å². The Balaban J connectivity index is 3.08. The number of hydrogen-bond acceptors (Lipinski definition) is 2. The quantitative estimate of drug-likeness (QED) is 0.856. The number of nitrogens with two attached hydrogens (primary N) is 1. The van der Waals surface area contributed by atoms with E-state index in [-0.39, 0.29) is 11.8 Å². The highest BCUT2D eigenvalue weighted by Crippen LogP contribution is 2.36. The molecule has 0 saturated carbocycles. The molecule has 0 aliphatic rings. The molecule has 2 atom stereocenters. The molecule has 0 aliphatic heterocycles. The zero-order chi connectivity index (χ0) is 13.0. The van der Waals surface area contributed by atoms with E-state index in [1.807, 2.05) is 39.0 Å². The standard InChI is InChI=1S/C14H22FNO/c1-9(2)12(8-16)14(15)11-7-10(3)5-6-13(11)17-4/h5-7,9,12,14H,8,16H2,1-4H3. The van der Waals surface area contributed by atoms with E-state index < -0.39 is 6.17 Å². The molecule has 0 heterocycles. The maximum absolute atomic E-state index is 14.5. The molecule has 0 saturated heterocycles. The summed E-state index contributed by atoms with van der Waals surface area (Å²) in [6, 6.07) is 5.57. The smallest absolute Gasteiger partial charge is 0.133 e. The lowest BCUT2D eigenvalue weighted by Crippen LogP contribution is -2.25. The average Bonchev–Trinajstić information content (AvgIpc) is 2.29. The monoisotopic (exact) mass is 239 g/mol. The third-order valence-electron chi connectivity index (χ3n) is 3.19.